The number of rotatable bonds is 3. The zero-order valence-electron chi connectivity index (χ0n) is 9.70. The summed E-state index contributed by atoms with van der Waals surface area (Å²) in [5.41, 5.74) is 7.40. The zero-order valence-corrected chi connectivity index (χ0v) is 10.5. The van der Waals surface area contributed by atoms with Gasteiger partial charge in [0.2, 0.25) is 0 Å². The molecule has 1 aliphatic heterocycles. The van der Waals surface area contributed by atoms with E-state index in [1.54, 1.807) is 0 Å². The van der Waals surface area contributed by atoms with Crippen molar-refractivity contribution in [3.05, 3.63) is 17.8 Å². The molecule has 0 saturated carbocycles. The number of hydrogen-bond donors (Lipinski definition) is 2. The molecule has 0 aromatic carbocycles. The Kier molecular flexibility index (Phi) is 3.93. The summed E-state index contributed by atoms with van der Waals surface area (Å²) >= 11 is 2.07. The molecule has 4 heteroatoms. The monoisotopic (exact) mass is 237 g/mol. The highest BCUT2D eigenvalue weighted by Gasteiger charge is 2.13. The van der Waals surface area contributed by atoms with Crippen LogP contribution in [-0.4, -0.2) is 22.5 Å². The molecule has 1 atom stereocenters. The van der Waals surface area contributed by atoms with Crippen LogP contribution < -0.4 is 11.1 Å². The second-order valence-electron chi connectivity index (χ2n) is 4.24. The average Bonchev–Trinajstić information content (AvgIpc) is 2.32. The Hall–Kier alpha value is -0.900. The first-order chi connectivity index (χ1) is 7.75. The Bertz CT molecular complexity index is 348. The maximum atomic E-state index is 5.73. The number of pyridine rings is 1. The van der Waals surface area contributed by atoms with E-state index in [-0.39, 0.29) is 0 Å². The van der Waals surface area contributed by atoms with Gasteiger partial charge in [-0.3, -0.25) is 0 Å². The number of hydrogen-bond acceptors (Lipinski definition) is 4. The molecule has 3 nitrogen and oxygen atoms in total. The fourth-order valence-electron chi connectivity index (χ4n) is 1.86. The van der Waals surface area contributed by atoms with Crippen LogP contribution in [0.4, 0.5) is 11.5 Å². The van der Waals surface area contributed by atoms with Crippen molar-refractivity contribution in [3.8, 4) is 0 Å². The first-order valence-electron chi connectivity index (χ1n) is 5.84. The van der Waals surface area contributed by atoms with Crippen molar-refractivity contribution < 1.29 is 0 Å². The largest absolute Gasteiger partial charge is 0.397 e. The van der Waals surface area contributed by atoms with Crippen molar-refractivity contribution in [1.82, 2.24) is 4.98 Å². The van der Waals surface area contributed by atoms with E-state index >= 15 is 0 Å². The standard InChI is InChI=1S/C12H19N3S/c1-9-11(13)5-6-12(15-9)14-8-10-4-2-3-7-16-10/h5-6,10H,2-4,7-8,13H2,1H3,(H,14,15). The number of anilines is 2. The highest BCUT2D eigenvalue weighted by atomic mass is 32.2. The minimum Gasteiger partial charge on any atom is -0.397 e. The fourth-order valence-corrected chi connectivity index (χ4v) is 3.10. The van der Waals surface area contributed by atoms with Crippen LogP contribution in [0.3, 0.4) is 0 Å². The Morgan fingerprint density at radius 3 is 3.06 bits per heavy atom. The second-order valence-corrected chi connectivity index (χ2v) is 5.65. The number of nitrogens with one attached hydrogen (secondary N) is 1. The molecule has 2 heterocycles. The van der Waals surface area contributed by atoms with Gasteiger partial charge in [0.25, 0.3) is 0 Å². The molecule has 0 amide bonds. The average molecular weight is 237 g/mol. The van der Waals surface area contributed by atoms with Crippen molar-refractivity contribution in [3.63, 3.8) is 0 Å². The number of aromatic nitrogens is 1. The summed E-state index contributed by atoms with van der Waals surface area (Å²) in [6.45, 7) is 2.96. The Morgan fingerprint density at radius 1 is 1.50 bits per heavy atom. The predicted octanol–water partition coefficient (Wildman–Crippen LogP) is 2.67. The summed E-state index contributed by atoms with van der Waals surface area (Å²) in [5, 5.41) is 4.14. The molecule has 88 valence electrons. The van der Waals surface area contributed by atoms with Crippen molar-refractivity contribution in [1.29, 1.82) is 0 Å². The van der Waals surface area contributed by atoms with Gasteiger partial charge in [-0.05, 0) is 37.7 Å². The topological polar surface area (TPSA) is 50.9 Å². The summed E-state index contributed by atoms with van der Waals surface area (Å²) < 4.78 is 0. The van der Waals surface area contributed by atoms with E-state index in [0.717, 1.165) is 29.0 Å². The molecule has 0 aliphatic carbocycles. The SMILES string of the molecule is Cc1nc(NCC2CCCCS2)ccc1N. The van der Waals surface area contributed by atoms with E-state index in [1.165, 1.54) is 25.0 Å². The quantitative estimate of drug-likeness (QED) is 0.848. The van der Waals surface area contributed by atoms with Crippen LogP contribution in [0.15, 0.2) is 12.1 Å². The highest BCUT2D eigenvalue weighted by molar-refractivity contribution is 7.99. The second kappa shape index (κ2) is 5.43. The van der Waals surface area contributed by atoms with Gasteiger partial charge in [0.1, 0.15) is 5.82 Å². The van der Waals surface area contributed by atoms with E-state index in [9.17, 15) is 0 Å². The summed E-state index contributed by atoms with van der Waals surface area (Å²) in [6, 6.07) is 3.87. The molecule has 1 aromatic heterocycles. The van der Waals surface area contributed by atoms with E-state index in [2.05, 4.69) is 22.1 Å². The third-order valence-electron chi connectivity index (χ3n) is 2.91. The van der Waals surface area contributed by atoms with Gasteiger partial charge < -0.3 is 11.1 Å². The van der Waals surface area contributed by atoms with Gasteiger partial charge in [-0.1, -0.05) is 6.42 Å². The Labute approximate surface area is 101 Å². The van der Waals surface area contributed by atoms with E-state index in [0.29, 0.717) is 0 Å². The lowest BCUT2D eigenvalue weighted by molar-refractivity contribution is 0.677. The number of aryl methyl sites for hydroxylation is 1. The van der Waals surface area contributed by atoms with Crippen LogP contribution in [0.25, 0.3) is 0 Å². The summed E-state index contributed by atoms with van der Waals surface area (Å²) in [5.74, 6) is 2.25. The highest BCUT2D eigenvalue weighted by Crippen LogP contribution is 2.25. The smallest absolute Gasteiger partial charge is 0.126 e. The van der Waals surface area contributed by atoms with Crippen LogP contribution in [0.1, 0.15) is 25.0 Å². The molecule has 0 spiro atoms. The van der Waals surface area contributed by atoms with Gasteiger partial charge in [-0.2, -0.15) is 11.8 Å². The lowest BCUT2D eigenvalue weighted by atomic mass is 10.2. The van der Waals surface area contributed by atoms with Crippen LogP contribution in [0, 0.1) is 6.92 Å². The van der Waals surface area contributed by atoms with Gasteiger partial charge in [-0.15, -0.1) is 0 Å². The van der Waals surface area contributed by atoms with Crippen molar-refractivity contribution >= 4 is 23.3 Å². The Balaban J connectivity index is 1.86. The third kappa shape index (κ3) is 3.04. The minimum atomic E-state index is 0.744. The van der Waals surface area contributed by atoms with Crippen LogP contribution in [0.2, 0.25) is 0 Å². The van der Waals surface area contributed by atoms with Crippen molar-refractivity contribution in [2.45, 2.75) is 31.4 Å². The number of nitrogen functional groups attached to an aromatic ring is 1. The predicted molar refractivity (Wildman–Crippen MR) is 72.0 cm³/mol. The van der Waals surface area contributed by atoms with Crippen molar-refractivity contribution in [2.75, 3.05) is 23.3 Å². The zero-order chi connectivity index (χ0) is 11.4. The van der Waals surface area contributed by atoms with E-state index in [1.807, 2.05) is 19.1 Å². The maximum Gasteiger partial charge on any atom is 0.126 e. The summed E-state index contributed by atoms with van der Waals surface area (Å²) in [6.07, 6.45) is 4.07. The van der Waals surface area contributed by atoms with E-state index in [4.69, 9.17) is 5.73 Å². The van der Waals surface area contributed by atoms with Crippen LogP contribution in [0.5, 0.6) is 0 Å². The summed E-state index contributed by atoms with van der Waals surface area (Å²) in [4.78, 5) is 4.41. The van der Waals surface area contributed by atoms with E-state index < -0.39 is 0 Å². The molecule has 0 radical (unpaired) electrons. The van der Waals surface area contributed by atoms with Gasteiger partial charge in [-0.25, -0.2) is 4.98 Å². The Morgan fingerprint density at radius 2 is 2.38 bits per heavy atom. The third-order valence-corrected chi connectivity index (χ3v) is 4.31. The molecular weight excluding hydrogens is 218 g/mol. The normalized spacial score (nSPS) is 20.7. The fraction of sp³-hybridized carbons (Fsp3) is 0.583. The molecule has 2 rings (SSSR count). The molecule has 16 heavy (non-hydrogen) atoms. The van der Waals surface area contributed by atoms with Crippen LogP contribution in [-0.2, 0) is 0 Å². The number of thioether (sulfide) groups is 1. The number of nitrogens with zero attached hydrogens (tertiary/aromatic N) is 1. The molecule has 3 N–H and O–H groups in total. The van der Waals surface area contributed by atoms with Gasteiger partial charge in [0.15, 0.2) is 0 Å². The number of nitrogens with two attached hydrogens (primary N) is 1. The minimum absolute atomic E-state index is 0.744. The van der Waals surface area contributed by atoms with Gasteiger partial charge in [0, 0.05) is 11.8 Å². The maximum absolute atomic E-state index is 5.73. The molecule has 1 fully saturated rings. The first-order valence-corrected chi connectivity index (χ1v) is 6.89. The van der Waals surface area contributed by atoms with Crippen LogP contribution >= 0.6 is 11.8 Å². The lowest BCUT2D eigenvalue weighted by Crippen LogP contribution is -2.20. The molecule has 1 saturated heterocycles. The summed E-state index contributed by atoms with van der Waals surface area (Å²) in [7, 11) is 0. The first kappa shape index (κ1) is 11.6. The molecule has 0 bridgehead atoms. The van der Waals surface area contributed by atoms with Crippen molar-refractivity contribution in [2.24, 2.45) is 0 Å². The molecular formula is C12H19N3S. The van der Waals surface area contributed by atoms with Gasteiger partial charge in [0.05, 0.1) is 11.4 Å². The molecule has 1 aliphatic rings. The lowest BCUT2D eigenvalue weighted by Gasteiger charge is -2.21. The van der Waals surface area contributed by atoms with Gasteiger partial charge >= 0.3 is 0 Å². The molecule has 1 aromatic rings. The molecule has 1 unspecified atom stereocenters.